The van der Waals surface area contributed by atoms with E-state index in [1.54, 1.807) is 26.2 Å². The molecule has 1 rings (SSSR count). The van der Waals surface area contributed by atoms with E-state index in [9.17, 15) is 4.39 Å². The highest BCUT2D eigenvalue weighted by Crippen LogP contribution is 2.24. The van der Waals surface area contributed by atoms with Crippen LogP contribution in [0, 0.1) is 5.82 Å². The molecule has 1 aromatic rings. The quantitative estimate of drug-likeness (QED) is 0.907. The SMILES string of the molecule is COCC(C)(N)c1cc(Br)ccc1F. The molecule has 0 saturated carbocycles. The van der Waals surface area contributed by atoms with Crippen LogP contribution in [0.2, 0.25) is 0 Å². The number of benzene rings is 1. The summed E-state index contributed by atoms with van der Waals surface area (Å²) < 4.78 is 19.2. The average molecular weight is 262 g/mol. The summed E-state index contributed by atoms with van der Waals surface area (Å²) in [6.07, 6.45) is 0. The first-order chi connectivity index (χ1) is 6.47. The van der Waals surface area contributed by atoms with Crippen LogP contribution in [0.4, 0.5) is 4.39 Å². The largest absolute Gasteiger partial charge is 0.382 e. The van der Waals surface area contributed by atoms with Crippen molar-refractivity contribution in [2.75, 3.05) is 13.7 Å². The van der Waals surface area contributed by atoms with Gasteiger partial charge in [0, 0.05) is 17.1 Å². The minimum Gasteiger partial charge on any atom is -0.382 e. The summed E-state index contributed by atoms with van der Waals surface area (Å²) in [6, 6.07) is 4.70. The Bertz CT molecular complexity index is 328. The van der Waals surface area contributed by atoms with Gasteiger partial charge in [-0.05, 0) is 25.1 Å². The normalized spacial score (nSPS) is 15.2. The third-order valence-corrected chi connectivity index (χ3v) is 2.48. The van der Waals surface area contributed by atoms with Gasteiger partial charge in [-0.1, -0.05) is 15.9 Å². The topological polar surface area (TPSA) is 35.2 Å². The van der Waals surface area contributed by atoms with E-state index in [-0.39, 0.29) is 12.4 Å². The maximum atomic E-state index is 13.4. The number of ether oxygens (including phenoxy) is 1. The summed E-state index contributed by atoms with van der Waals surface area (Å²) in [5.41, 5.74) is 5.58. The second-order valence-corrected chi connectivity index (χ2v) is 4.39. The molecule has 0 fully saturated rings. The Balaban J connectivity index is 3.10. The lowest BCUT2D eigenvalue weighted by Gasteiger charge is -2.24. The molecule has 0 radical (unpaired) electrons. The summed E-state index contributed by atoms with van der Waals surface area (Å²) in [5, 5.41) is 0. The Hall–Kier alpha value is -0.450. The zero-order chi connectivity index (χ0) is 10.8. The standard InChI is InChI=1S/C10H13BrFNO/c1-10(13,6-14-2)8-5-7(11)3-4-9(8)12/h3-5H,6,13H2,1-2H3. The van der Waals surface area contributed by atoms with Crippen LogP contribution in [0.3, 0.4) is 0 Å². The molecule has 1 unspecified atom stereocenters. The third-order valence-electron chi connectivity index (χ3n) is 1.99. The molecule has 14 heavy (non-hydrogen) atoms. The van der Waals surface area contributed by atoms with Crippen molar-refractivity contribution < 1.29 is 9.13 Å². The van der Waals surface area contributed by atoms with Crippen LogP contribution in [0.1, 0.15) is 12.5 Å². The number of hydrogen-bond donors (Lipinski definition) is 1. The molecule has 0 aliphatic heterocycles. The molecule has 0 spiro atoms. The van der Waals surface area contributed by atoms with Crippen molar-refractivity contribution in [3.8, 4) is 0 Å². The van der Waals surface area contributed by atoms with Crippen molar-refractivity contribution in [2.45, 2.75) is 12.5 Å². The Morgan fingerprint density at radius 2 is 2.21 bits per heavy atom. The van der Waals surface area contributed by atoms with Crippen molar-refractivity contribution in [3.63, 3.8) is 0 Å². The van der Waals surface area contributed by atoms with Crippen molar-refractivity contribution in [1.29, 1.82) is 0 Å². The molecule has 0 aliphatic rings. The van der Waals surface area contributed by atoms with Crippen LogP contribution >= 0.6 is 15.9 Å². The Morgan fingerprint density at radius 3 is 2.79 bits per heavy atom. The zero-order valence-corrected chi connectivity index (χ0v) is 9.77. The minimum absolute atomic E-state index is 0.278. The zero-order valence-electron chi connectivity index (χ0n) is 8.18. The number of hydrogen-bond acceptors (Lipinski definition) is 2. The van der Waals surface area contributed by atoms with Crippen LogP contribution in [-0.2, 0) is 10.3 Å². The fraction of sp³-hybridized carbons (Fsp3) is 0.400. The average Bonchev–Trinajstić information content (AvgIpc) is 2.09. The third kappa shape index (κ3) is 2.53. The van der Waals surface area contributed by atoms with Gasteiger partial charge in [-0.15, -0.1) is 0 Å². The number of halogens is 2. The first-order valence-electron chi connectivity index (χ1n) is 4.21. The van der Waals surface area contributed by atoms with E-state index in [1.807, 2.05) is 0 Å². The van der Waals surface area contributed by atoms with E-state index in [4.69, 9.17) is 10.5 Å². The van der Waals surface area contributed by atoms with Crippen LogP contribution in [-0.4, -0.2) is 13.7 Å². The minimum atomic E-state index is -0.803. The predicted octanol–water partition coefficient (Wildman–Crippen LogP) is 2.41. The summed E-state index contributed by atoms with van der Waals surface area (Å²) >= 11 is 3.28. The molecule has 0 aliphatic carbocycles. The first-order valence-corrected chi connectivity index (χ1v) is 5.00. The van der Waals surface area contributed by atoms with Crippen molar-refractivity contribution in [2.24, 2.45) is 5.73 Å². The van der Waals surface area contributed by atoms with Gasteiger partial charge in [0.25, 0.3) is 0 Å². The molecule has 0 amide bonds. The lowest BCUT2D eigenvalue weighted by Crippen LogP contribution is -2.38. The highest BCUT2D eigenvalue weighted by molar-refractivity contribution is 9.10. The van der Waals surface area contributed by atoms with E-state index < -0.39 is 5.54 Å². The fourth-order valence-corrected chi connectivity index (χ4v) is 1.67. The molecule has 0 saturated heterocycles. The van der Waals surface area contributed by atoms with Gasteiger partial charge >= 0.3 is 0 Å². The Morgan fingerprint density at radius 1 is 1.57 bits per heavy atom. The Labute approximate surface area is 91.4 Å². The van der Waals surface area contributed by atoms with Gasteiger partial charge in [-0.25, -0.2) is 4.39 Å². The smallest absolute Gasteiger partial charge is 0.128 e. The fourth-order valence-electron chi connectivity index (χ4n) is 1.31. The molecular weight excluding hydrogens is 249 g/mol. The lowest BCUT2D eigenvalue weighted by atomic mass is 9.94. The van der Waals surface area contributed by atoms with E-state index in [1.165, 1.54) is 6.07 Å². The first kappa shape index (κ1) is 11.6. The number of methoxy groups -OCH3 is 1. The maximum Gasteiger partial charge on any atom is 0.128 e. The molecule has 1 aromatic carbocycles. The molecule has 2 N–H and O–H groups in total. The van der Waals surface area contributed by atoms with E-state index in [2.05, 4.69) is 15.9 Å². The highest BCUT2D eigenvalue weighted by Gasteiger charge is 2.24. The van der Waals surface area contributed by atoms with E-state index in [0.29, 0.717) is 5.56 Å². The summed E-state index contributed by atoms with van der Waals surface area (Å²) in [5.74, 6) is -0.310. The van der Waals surface area contributed by atoms with Crippen LogP contribution in [0.15, 0.2) is 22.7 Å². The van der Waals surface area contributed by atoms with Crippen molar-refractivity contribution in [3.05, 3.63) is 34.1 Å². The van der Waals surface area contributed by atoms with Crippen molar-refractivity contribution >= 4 is 15.9 Å². The number of rotatable bonds is 3. The summed E-state index contributed by atoms with van der Waals surface area (Å²) in [4.78, 5) is 0. The van der Waals surface area contributed by atoms with Gasteiger partial charge in [-0.3, -0.25) is 0 Å². The molecule has 4 heteroatoms. The van der Waals surface area contributed by atoms with Crippen LogP contribution in [0.5, 0.6) is 0 Å². The lowest BCUT2D eigenvalue weighted by molar-refractivity contribution is 0.139. The van der Waals surface area contributed by atoms with Crippen LogP contribution in [0.25, 0.3) is 0 Å². The van der Waals surface area contributed by atoms with Crippen molar-refractivity contribution in [1.82, 2.24) is 0 Å². The molecule has 1 atom stereocenters. The molecular formula is C10H13BrFNO. The molecule has 78 valence electrons. The molecule has 0 heterocycles. The predicted molar refractivity (Wildman–Crippen MR) is 57.5 cm³/mol. The van der Waals surface area contributed by atoms with Gasteiger partial charge in [0.15, 0.2) is 0 Å². The van der Waals surface area contributed by atoms with E-state index >= 15 is 0 Å². The molecule has 0 bridgehead atoms. The maximum absolute atomic E-state index is 13.4. The summed E-state index contributed by atoms with van der Waals surface area (Å²) in [7, 11) is 1.54. The second-order valence-electron chi connectivity index (χ2n) is 3.47. The van der Waals surface area contributed by atoms with E-state index in [0.717, 1.165) is 4.47 Å². The Kier molecular flexibility index (Phi) is 3.64. The monoisotopic (exact) mass is 261 g/mol. The second kappa shape index (κ2) is 4.38. The van der Waals surface area contributed by atoms with Gasteiger partial charge in [0.2, 0.25) is 0 Å². The molecule has 2 nitrogen and oxygen atoms in total. The summed E-state index contributed by atoms with van der Waals surface area (Å²) in [6.45, 7) is 2.02. The van der Waals surface area contributed by atoms with Gasteiger partial charge in [-0.2, -0.15) is 0 Å². The highest BCUT2D eigenvalue weighted by atomic mass is 79.9. The van der Waals surface area contributed by atoms with Gasteiger partial charge in [0.1, 0.15) is 5.82 Å². The molecule has 0 aromatic heterocycles. The van der Waals surface area contributed by atoms with Gasteiger partial charge in [0.05, 0.1) is 12.1 Å². The van der Waals surface area contributed by atoms with Gasteiger partial charge < -0.3 is 10.5 Å². The van der Waals surface area contributed by atoms with Crippen LogP contribution < -0.4 is 5.73 Å². The number of nitrogens with two attached hydrogens (primary N) is 1.